The number of nitrogens with zero attached hydrogens (tertiary/aromatic N) is 3. The summed E-state index contributed by atoms with van der Waals surface area (Å²) in [5.41, 5.74) is 5.00. The van der Waals surface area contributed by atoms with Gasteiger partial charge in [-0.1, -0.05) is 82.0 Å². The molecule has 4 heterocycles. The predicted molar refractivity (Wildman–Crippen MR) is 191 cm³/mol. The first-order chi connectivity index (χ1) is 23.1. The number of anilines is 2. The Bertz CT molecular complexity index is 1890. The fourth-order valence-electron chi connectivity index (χ4n) is 5.34. The number of nitrogens with one attached hydrogen (secondary N) is 3. The quantitative estimate of drug-likeness (QED) is 0.117. The Morgan fingerprint density at radius 3 is 1.94 bits per heavy atom. The van der Waals surface area contributed by atoms with Crippen LogP contribution in [0.2, 0.25) is 0 Å². The summed E-state index contributed by atoms with van der Waals surface area (Å²) in [5.74, 6) is 0.143. The van der Waals surface area contributed by atoms with Crippen LogP contribution < -0.4 is 10.6 Å². The normalized spacial score (nSPS) is 10.8. The Morgan fingerprint density at radius 2 is 1.30 bits per heavy atom. The summed E-state index contributed by atoms with van der Waals surface area (Å²) in [6.45, 7) is 4.38. The van der Waals surface area contributed by atoms with Crippen molar-refractivity contribution < 1.29 is 9.59 Å². The number of hydrogen-bond acceptors (Lipinski definition) is 5. The molecule has 0 bridgehead atoms. The van der Waals surface area contributed by atoms with Crippen molar-refractivity contribution in [3.05, 3.63) is 126 Å². The maximum Gasteiger partial charge on any atom is 0.275 e. The van der Waals surface area contributed by atoms with E-state index in [1.54, 1.807) is 30.7 Å². The van der Waals surface area contributed by atoms with Crippen molar-refractivity contribution in [2.75, 3.05) is 10.6 Å². The molecule has 0 aliphatic rings. The van der Waals surface area contributed by atoms with Gasteiger partial charge in [-0.15, -0.1) is 0 Å². The number of aromatic amines is 1. The van der Waals surface area contributed by atoms with Crippen LogP contribution in [0.1, 0.15) is 84.5 Å². The van der Waals surface area contributed by atoms with E-state index in [1.165, 1.54) is 43.2 Å². The van der Waals surface area contributed by atoms with Crippen LogP contribution in [0.3, 0.4) is 0 Å². The summed E-state index contributed by atoms with van der Waals surface area (Å²) in [5, 5.41) is 8.76. The SMILES string of the molecule is CCCCCc1ccc(C(=O)Nc2cccc3[nH]ccc23)nc1.CCCCCc1ccc(C(=O)Nc2nccc3ccccc23)nc1. The van der Waals surface area contributed by atoms with Crippen LogP contribution in [0, 0.1) is 0 Å². The Labute approximate surface area is 276 Å². The van der Waals surface area contributed by atoms with E-state index in [-0.39, 0.29) is 11.8 Å². The second-order valence-electron chi connectivity index (χ2n) is 11.6. The maximum absolute atomic E-state index is 12.4. The number of amides is 2. The van der Waals surface area contributed by atoms with Gasteiger partial charge in [-0.2, -0.15) is 0 Å². The van der Waals surface area contributed by atoms with Gasteiger partial charge < -0.3 is 15.6 Å². The van der Waals surface area contributed by atoms with E-state index in [1.807, 2.05) is 72.9 Å². The molecule has 47 heavy (non-hydrogen) atoms. The topological polar surface area (TPSA) is 113 Å². The van der Waals surface area contributed by atoms with Crippen LogP contribution in [-0.2, 0) is 12.8 Å². The first-order valence-corrected chi connectivity index (χ1v) is 16.5. The molecule has 240 valence electrons. The molecule has 2 aromatic carbocycles. The van der Waals surface area contributed by atoms with E-state index < -0.39 is 0 Å². The molecule has 0 spiro atoms. The molecule has 0 saturated heterocycles. The molecule has 0 atom stereocenters. The van der Waals surface area contributed by atoms with E-state index in [0.29, 0.717) is 17.2 Å². The summed E-state index contributed by atoms with van der Waals surface area (Å²) in [4.78, 5) is 40.8. The maximum atomic E-state index is 12.4. The second-order valence-corrected chi connectivity index (χ2v) is 11.6. The third kappa shape index (κ3) is 9.10. The first-order valence-electron chi connectivity index (χ1n) is 16.5. The molecular formula is C39H42N6O2. The zero-order valence-electron chi connectivity index (χ0n) is 27.1. The number of aromatic nitrogens is 4. The van der Waals surface area contributed by atoms with Crippen molar-refractivity contribution in [1.82, 2.24) is 19.9 Å². The van der Waals surface area contributed by atoms with Crippen molar-refractivity contribution in [3.63, 3.8) is 0 Å². The number of fused-ring (bicyclic) bond motifs is 2. The summed E-state index contributed by atoms with van der Waals surface area (Å²) in [7, 11) is 0. The van der Waals surface area contributed by atoms with E-state index in [2.05, 4.69) is 44.4 Å². The van der Waals surface area contributed by atoms with Gasteiger partial charge in [-0.05, 0) is 78.6 Å². The van der Waals surface area contributed by atoms with Crippen molar-refractivity contribution in [3.8, 4) is 0 Å². The van der Waals surface area contributed by atoms with Gasteiger partial charge in [0, 0.05) is 41.1 Å². The third-order valence-corrected chi connectivity index (χ3v) is 8.00. The fraction of sp³-hybridized carbons (Fsp3) is 0.256. The van der Waals surface area contributed by atoms with Crippen LogP contribution in [0.5, 0.6) is 0 Å². The van der Waals surface area contributed by atoms with E-state index >= 15 is 0 Å². The van der Waals surface area contributed by atoms with E-state index in [4.69, 9.17) is 0 Å². The highest BCUT2D eigenvalue weighted by molar-refractivity contribution is 6.08. The van der Waals surface area contributed by atoms with Gasteiger partial charge in [-0.3, -0.25) is 19.6 Å². The molecule has 8 heteroatoms. The summed E-state index contributed by atoms with van der Waals surface area (Å²) in [6, 6.07) is 25.1. The second kappa shape index (κ2) is 16.8. The van der Waals surface area contributed by atoms with Crippen molar-refractivity contribution in [1.29, 1.82) is 0 Å². The lowest BCUT2D eigenvalue weighted by atomic mass is 10.1. The zero-order chi connectivity index (χ0) is 32.8. The van der Waals surface area contributed by atoms with Crippen LogP contribution in [-0.4, -0.2) is 31.8 Å². The number of hydrogen-bond donors (Lipinski definition) is 3. The van der Waals surface area contributed by atoms with Crippen LogP contribution >= 0.6 is 0 Å². The number of unbranched alkanes of at least 4 members (excludes halogenated alkanes) is 4. The number of aryl methyl sites for hydroxylation is 2. The third-order valence-electron chi connectivity index (χ3n) is 8.00. The number of rotatable bonds is 12. The number of carbonyl (C=O) groups excluding carboxylic acids is 2. The number of carbonyl (C=O) groups is 2. The number of pyridine rings is 3. The molecule has 0 aliphatic heterocycles. The highest BCUT2D eigenvalue weighted by atomic mass is 16.2. The van der Waals surface area contributed by atoms with Gasteiger partial charge in [0.1, 0.15) is 17.2 Å². The largest absolute Gasteiger partial charge is 0.361 e. The molecule has 3 N–H and O–H groups in total. The predicted octanol–water partition coefficient (Wildman–Crippen LogP) is 9.16. The van der Waals surface area contributed by atoms with Gasteiger partial charge in [0.2, 0.25) is 0 Å². The zero-order valence-corrected chi connectivity index (χ0v) is 27.1. The van der Waals surface area contributed by atoms with Gasteiger partial charge in [0.25, 0.3) is 11.8 Å². The Balaban J connectivity index is 0.000000185. The molecule has 6 aromatic rings. The Hall–Kier alpha value is -5.37. The van der Waals surface area contributed by atoms with Crippen molar-refractivity contribution in [2.45, 2.75) is 65.2 Å². The van der Waals surface area contributed by atoms with Crippen LogP contribution in [0.25, 0.3) is 21.7 Å². The fourth-order valence-corrected chi connectivity index (χ4v) is 5.34. The number of H-pyrrole nitrogens is 1. The highest BCUT2D eigenvalue weighted by Crippen LogP contribution is 2.23. The van der Waals surface area contributed by atoms with Crippen LogP contribution in [0.15, 0.2) is 104 Å². The Morgan fingerprint density at radius 1 is 0.638 bits per heavy atom. The summed E-state index contributed by atoms with van der Waals surface area (Å²) >= 11 is 0. The van der Waals surface area contributed by atoms with Crippen molar-refractivity contribution >= 4 is 45.0 Å². The monoisotopic (exact) mass is 626 g/mol. The molecule has 0 radical (unpaired) electrons. The van der Waals surface area contributed by atoms with Crippen LogP contribution in [0.4, 0.5) is 11.5 Å². The minimum absolute atomic E-state index is 0.182. The molecule has 0 aliphatic carbocycles. The molecular weight excluding hydrogens is 584 g/mol. The smallest absolute Gasteiger partial charge is 0.275 e. The molecule has 0 saturated carbocycles. The summed E-state index contributed by atoms with van der Waals surface area (Å²) < 4.78 is 0. The lowest BCUT2D eigenvalue weighted by Crippen LogP contribution is -2.14. The standard InChI is InChI=1S/C20H21N3O.C19H21N3O/c1-2-3-4-7-15-10-11-18(22-14-15)20(24)23-19-17-9-6-5-8-16(17)12-13-21-19;1-2-3-4-6-14-9-10-18(21-13-14)19(23)22-17-8-5-7-16-15(17)11-12-20-16/h5-6,8-14H,2-4,7H2,1H3,(H,21,23,24);5,7-13,20H,2-4,6H2,1H3,(H,22,23). The van der Waals surface area contributed by atoms with Gasteiger partial charge in [0.05, 0.1) is 5.69 Å². The van der Waals surface area contributed by atoms with E-state index in [0.717, 1.165) is 46.6 Å². The summed E-state index contributed by atoms with van der Waals surface area (Å²) in [6.07, 6.45) is 16.4. The molecule has 0 unspecified atom stereocenters. The van der Waals surface area contributed by atoms with Gasteiger partial charge >= 0.3 is 0 Å². The highest BCUT2D eigenvalue weighted by Gasteiger charge is 2.12. The minimum atomic E-state index is -0.237. The molecule has 0 fully saturated rings. The van der Waals surface area contributed by atoms with Gasteiger partial charge in [0.15, 0.2) is 0 Å². The first kappa shape index (κ1) is 33.0. The van der Waals surface area contributed by atoms with E-state index in [9.17, 15) is 9.59 Å². The molecule has 8 nitrogen and oxygen atoms in total. The molecule has 4 aromatic heterocycles. The number of benzene rings is 2. The molecule has 6 rings (SSSR count). The average Bonchev–Trinajstić information content (AvgIpc) is 3.60. The Kier molecular flexibility index (Phi) is 11.8. The van der Waals surface area contributed by atoms with Gasteiger partial charge in [-0.25, -0.2) is 4.98 Å². The van der Waals surface area contributed by atoms with Crippen molar-refractivity contribution in [2.24, 2.45) is 0 Å². The average molecular weight is 627 g/mol. The lowest BCUT2D eigenvalue weighted by Gasteiger charge is -2.07. The molecule has 2 amide bonds. The lowest BCUT2D eigenvalue weighted by molar-refractivity contribution is 0.101. The minimum Gasteiger partial charge on any atom is -0.361 e.